The molecule has 46 N–H and O–H groups in total. The molecular weight excluding hydrogens is 1610 g/mol. The van der Waals surface area contributed by atoms with Crippen LogP contribution in [0.5, 0.6) is 0 Å². The van der Waals surface area contributed by atoms with Crippen LogP contribution in [0.25, 0.3) is 55.6 Å². The standard InChI is InChI=1S/5C10H8N2.2C9H6O6.3Co.18H2O/c5*1-5-11-6-2-9(1)10-3-7-12-8-4-10;2*10-7(11)4-1-5(8(12)13)3-6(2-4)9(14)15;;;;;;;;;;;;;;;;;;;;;/h5*1-8H;2*1-3H,(H,10,11)(H,12,13)(H,14,15);;;;18*1H2/q;;;;;;;3*+2;;;;;;;;;;;;;;;;;;/p+4. The molecule has 0 aliphatic rings. The fourth-order valence-electron chi connectivity index (χ4n) is 7.41. The Morgan fingerprint density at radius 1 is 0.162 bits per heavy atom. The van der Waals surface area contributed by atoms with E-state index in [-0.39, 0.29) is 149 Å². The molecule has 0 fully saturated rings. The van der Waals surface area contributed by atoms with Gasteiger partial charge in [0.25, 0.3) is 0 Å². The third kappa shape index (κ3) is 48.5. The van der Waals surface area contributed by atoms with Gasteiger partial charge in [0.1, 0.15) is 0 Å². The van der Waals surface area contributed by atoms with Gasteiger partial charge in [0.15, 0.2) is 0 Å². The molecule has 0 saturated heterocycles. The number of hydrogen-bond donors (Lipinski definition) is 0. The number of carbonyl (C=O) groups excluding carboxylic acids is 6. The van der Waals surface area contributed by atoms with Crippen molar-refractivity contribution in [3.63, 3.8) is 0 Å². The number of carboxylic acids is 6. The monoisotopic (exact) mass is 1710 g/mol. The van der Waals surface area contributed by atoms with Crippen LogP contribution < -0.4 is 30.6 Å². The SMILES string of the molecule is O.O.O.O.O.O.O.O.O=C([O-])c1cc(C(=O)[O-])cc(C(=O)[O-])c1.O=C([O-])c1cc(C(=O)[O-])cc(C(=O)[O-])c1.[Co+2].[Co+2].[Co+2].[OH3+].[OH3+].[OH3+].[OH3+].[OH3+].[OH3+].[OH3+].[OH3+].[OH3+].[OH3+].c1cc(-c2ccncc2)ccn1.c1cc(-c2ccncc2)ccn1.c1cc(-c2ccncc2)ccn1.c1cc(-c2ccncc2)ccn1.c1cc(-c2ccncc2)ccn1. The summed E-state index contributed by atoms with van der Waals surface area (Å²) in [5.74, 6) is -10.1. The zero-order valence-electron chi connectivity index (χ0n) is 57.7. The number of benzene rings is 2. The van der Waals surface area contributed by atoms with Crippen LogP contribution in [0, 0.1) is 0 Å². The van der Waals surface area contributed by atoms with Crippen molar-refractivity contribution in [1.29, 1.82) is 0 Å². The Kier molecular flexibility index (Phi) is 94.0. The summed E-state index contributed by atoms with van der Waals surface area (Å²) in [5.41, 5.74) is 8.38. The molecule has 2 aromatic carbocycles. The number of pyridine rings is 10. The molecule has 0 bridgehead atoms. The minimum Gasteiger partial charge on any atom is -0.545 e. The largest absolute Gasteiger partial charge is 2.00 e. The average Bonchev–Trinajstić information content (AvgIpc) is 0.843. The third-order valence-corrected chi connectivity index (χ3v) is 11.8. The van der Waals surface area contributed by atoms with Crippen LogP contribution in [0.2, 0.25) is 0 Å². The summed E-state index contributed by atoms with van der Waals surface area (Å²) in [6.45, 7) is 0. The zero-order chi connectivity index (χ0) is 64.3. The van der Waals surface area contributed by atoms with Crippen LogP contribution in [0.1, 0.15) is 62.1 Å². The molecule has 12 rings (SSSR count). The Hall–Kier alpha value is -12.4. The second-order valence-electron chi connectivity index (χ2n) is 17.7. The maximum absolute atomic E-state index is 10.4. The van der Waals surface area contributed by atoms with Crippen LogP contribution in [0.15, 0.2) is 282 Å². The maximum Gasteiger partial charge on any atom is 2.00 e. The van der Waals surface area contributed by atoms with E-state index in [1.807, 2.05) is 121 Å². The molecule has 3 radical (unpaired) electrons. The molecule has 611 valence electrons. The van der Waals surface area contributed by atoms with Gasteiger partial charge in [-0.1, -0.05) is 0 Å². The summed E-state index contributed by atoms with van der Waals surface area (Å²) < 4.78 is 0. The molecule has 0 unspecified atom stereocenters. The van der Waals surface area contributed by atoms with Gasteiger partial charge in [-0.25, -0.2) is 0 Å². The van der Waals surface area contributed by atoms with E-state index in [4.69, 9.17) is 0 Å². The molecule has 0 aliphatic heterocycles. The first-order valence-electron chi connectivity index (χ1n) is 26.3. The smallest absolute Gasteiger partial charge is 0.545 e. The van der Waals surface area contributed by atoms with Gasteiger partial charge in [-0.05, 0) is 247 Å². The fourth-order valence-corrected chi connectivity index (χ4v) is 7.41. The van der Waals surface area contributed by atoms with Crippen LogP contribution >= 0.6 is 0 Å². The predicted octanol–water partition coefficient (Wildman–Crippen LogP) is -11.6. The fraction of sp³-hybridized carbons (Fsp3) is 0. The Balaban J connectivity index is -0.0000000658. The van der Waals surface area contributed by atoms with Crippen molar-refractivity contribution in [2.24, 2.45) is 0 Å². The van der Waals surface area contributed by atoms with Crippen LogP contribution in [0.3, 0.4) is 0 Å². The van der Waals surface area contributed by atoms with Crippen molar-refractivity contribution in [3.05, 3.63) is 315 Å². The molecule has 0 amide bonds. The Labute approximate surface area is 661 Å². The van der Waals surface area contributed by atoms with E-state index in [1.165, 1.54) is 55.6 Å². The first kappa shape index (κ1) is 138. The van der Waals surface area contributed by atoms with Gasteiger partial charge in [-0.2, -0.15) is 0 Å². The first-order chi connectivity index (χ1) is 43.7. The zero-order valence-corrected chi connectivity index (χ0v) is 60.8. The van der Waals surface area contributed by atoms with Crippen LogP contribution in [0.4, 0.5) is 0 Å². The summed E-state index contributed by atoms with van der Waals surface area (Å²) in [7, 11) is 0. The number of carbonyl (C=O) groups is 6. The van der Waals surface area contributed by atoms with E-state index in [2.05, 4.69) is 49.8 Å². The Morgan fingerprint density at radius 2 is 0.225 bits per heavy atom. The van der Waals surface area contributed by atoms with Gasteiger partial charge in [-0.3, -0.25) is 49.8 Å². The summed E-state index contributed by atoms with van der Waals surface area (Å²) >= 11 is 0. The molecule has 0 saturated carbocycles. The maximum atomic E-state index is 10.4. The number of aromatic nitrogens is 10. The summed E-state index contributed by atoms with van der Waals surface area (Å²) in [6.07, 6.45) is 35.7. The molecule has 43 heteroatoms. The quantitative estimate of drug-likeness (QED) is 0.109. The van der Waals surface area contributed by atoms with E-state index >= 15 is 0 Å². The van der Waals surface area contributed by atoms with Crippen molar-refractivity contribution in [2.45, 2.75) is 0 Å². The van der Waals surface area contributed by atoms with E-state index < -0.39 is 69.2 Å². The number of aromatic carboxylic acids is 6. The summed E-state index contributed by atoms with van der Waals surface area (Å²) in [4.78, 5) is 102. The molecule has 40 nitrogen and oxygen atoms in total. The van der Waals surface area contributed by atoms with Gasteiger partial charge in [-0.15, -0.1) is 0 Å². The van der Waals surface area contributed by atoms with Crippen molar-refractivity contribution < 1.29 is 208 Å². The minimum atomic E-state index is -1.68. The topological polar surface area (TPSA) is 952 Å². The van der Waals surface area contributed by atoms with Gasteiger partial charge >= 0.3 is 50.3 Å². The molecule has 10 aromatic heterocycles. The van der Waals surface area contributed by atoms with E-state index in [0.29, 0.717) is 0 Å². The normalized spacial score (nSPS) is 7.82. The summed E-state index contributed by atoms with van der Waals surface area (Å²) in [5, 5.41) is 62.5. The molecule has 0 spiro atoms. The average molecular weight is 1710 g/mol. The number of hydrogen-bond acceptors (Lipinski definition) is 22. The van der Waals surface area contributed by atoms with E-state index in [9.17, 15) is 59.4 Å². The number of nitrogens with zero attached hydrogens (tertiary/aromatic N) is 10. The van der Waals surface area contributed by atoms with Crippen molar-refractivity contribution >= 4 is 35.8 Å². The van der Waals surface area contributed by atoms with Gasteiger partial charge in [0.2, 0.25) is 0 Å². The van der Waals surface area contributed by atoms with Crippen molar-refractivity contribution in [1.82, 2.24) is 49.8 Å². The third-order valence-electron chi connectivity index (χ3n) is 11.8. The first-order valence-corrected chi connectivity index (χ1v) is 26.3. The molecule has 12 aromatic rings. The number of rotatable bonds is 11. The Morgan fingerprint density at radius 3 is 0.279 bits per heavy atom. The second kappa shape index (κ2) is 75.8. The van der Waals surface area contributed by atoms with Crippen LogP contribution in [-0.4, -0.2) is 129 Å². The van der Waals surface area contributed by atoms with Gasteiger partial charge in [0, 0.05) is 124 Å². The second-order valence-corrected chi connectivity index (χ2v) is 17.7. The molecule has 10 heterocycles. The van der Waals surface area contributed by atoms with Crippen molar-refractivity contribution in [2.75, 3.05) is 0 Å². The Bertz CT molecular complexity index is 3360. The predicted molar refractivity (Wildman–Crippen MR) is 394 cm³/mol. The van der Waals surface area contributed by atoms with E-state index in [0.717, 1.165) is 36.4 Å². The van der Waals surface area contributed by atoms with Gasteiger partial charge < -0.3 is 158 Å². The summed E-state index contributed by atoms with van der Waals surface area (Å²) in [6, 6.07) is 44.1. The molecule has 0 aliphatic carbocycles. The number of carboxylic acid groups (broad SMARTS) is 6. The van der Waals surface area contributed by atoms with Crippen LogP contribution in [-0.2, 0) is 105 Å². The van der Waals surface area contributed by atoms with Gasteiger partial charge in [0.05, 0.1) is 35.8 Å². The molecular formula is C68H92Co3N10O30+10. The molecule has 0 atom stereocenters. The minimum absolute atomic E-state index is 0. The van der Waals surface area contributed by atoms with Crippen molar-refractivity contribution in [3.8, 4) is 55.6 Å². The molecule has 111 heavy (non-hydrogen) atoms. The van der Waals surface area contributed by atoms with E-state index in [1.54, 1.807) is 124 Å².